The van der Waals surface area contributed by atoms with E-state index in [4.69, 9.17) is 11.5 Å². The zero-order valence-corrected chi connectivity index (χ0v) is 10.3. The molecule has 0 aromatic rings. The lowest BCUT2D eigenvalue weighted by molar-refractivity contribution is -0.934. The number of hydrogen-bond acceptors (Lipinski definition) is 4. The predicted molar refractivity (Wildman–Crippen MR) is 59.5 cm³/mol. The molecular formula is C8H19N4O4S+. The number of guanidine groups is 1. The maximum Gasteiger partial charge on any atom is 0.341 e. The van der Waals surface area contributed by atoms with Crippen molar-refractivity contribution in [3.8, 4) is 0 Å². The van der Waals surface area contributed by atoms with Crippen LogP contribution in [0.5, 0.6) is 0 Å². The number of aliphatic hydroxyl groups is 1. The Balaban J connectivity index is 2.38. The van der Waals surface area contributed by atoms with Crippen molar-refractivity contribution in [3.05, 3.63) is 0 Å². The van der Waals surface area contributed by atoms with Gasteiger partial charge in [0.15, 0.2) is 0 Å². The van der Waals surface area contributed by atoms with Gasteiger partial charge in [-0.05, 0) is 0 Å². The summed E-state index contributed by atoms with van der Waals surface area (Å²) in [5, 5.41) is 9.44. The first-order valence-corrected chi connectivity index (χ1v) is 6.93. The Labute approximate surface area is 100 Å². The molecule has 8 nitrogen and oxygen atoms in total. The van der Waals surface area contributed by atoms with Gasteiger partial charge in [-0.25, -0.2) is 8.42 Å². The van der Waals surface area contributed by atoms with Crippen molar-refractivity contribution in [2.24, 2.45) is 11.5 Å². The number of hydrogen-bond donors (Lipinski definition) is 4. The Bertz CT molecular complexity index is 380. The van der Waals surface area contributed by atoms with E-state index in [9.17, 15) is 18.1 Å². The van der Waals surface area contributed by atoms with Crippen LogP contribution < -0.4 is 16.4 Å². The van der Waals surface area contributed by atoms with Crippen LogP contribution in [0.2, 0.25) is 0 Å². The number of quaternary nitrogens is 1. The van der Waals surface area contributed by atoms with Crippen LogP contribution in [-0.2, 0) is 10.1 Å². The van der Waals surface area contributed by atoms with Crippen LogP contribution in [0.3, 0.4) is 0 Å². The number of nitrogens with two attached hydrogens (primary N) is 2. The third-order valence-electron chi connectivity index (χ3n) is 2.76. The molecule has 6 N–H and O–H groups in total. The highest BCUT2D eigenvalue weighted by molar-refractivity contribution is 7.85. The molecule has 1 heterocycles. The molecule has 0 radical (unpaired) electrons. The summed E-state index contributed by atoms with van der Waals surface area (Å²) in [5.41, 5.74) is 10.9. The van der Waals surface area contributed by atoms with Gasteiger partial charge in [0.05, 0.1) is 15.9 Å². The molecule has 1 aliphatic rings. The first-order chi connectivity index (χ1) is 7.78. The summed E-state index contributed by atoms with van der Waals surface area (Å²) in [4.78, 5) is 1.04. The van der Waals surface area contributed by atoms with Gasteiger partial charge in [-0.1, -0.05) is 0 Å². The summed E-state index contributed by atoms with van der Waals surface area (Å²) in [6, 6.07) is 0. The van der Waals surface area contributed by atoms with Crippen molar-refractivity contribution >= 4 is 16.1 Å². The van der Waals surface area contributed by atoms with Crippen molar-refractivity contribution in [2.45, 2.75) is 6.10 Å². The molecular weight excluding hydrogens is 248 g/mol. The number of nitrogens with zero attached hydrogens (tertiary/aromatic N) is 1. The number of piperazine rings is 1. The molecule has 1 saturated heterocycles. The number of rotatable bonds is 4. The molecule has 0 spiro atoms. The van der Waals surface area contributed by atoms with Crippen LogP contribution in [-0.4, -0.2) is 73.2 Å². The van der Waals surface area contributed by atoms with E-state index in [1.54, 1.807) is 0 Å². The predicted octanol–water partition coefficient (Wildman–Crippen LogP) is -4.92. The fraction of sp³-hybridized carbons (Fsp3) is 0.875. The molecule has 0 unspecified atom stereocenters. The molecule has 1 rings (SSSR count). The Morgan fingerprint density at radius 2 is 1.94 bits per heavy atom. The molecule has 1 aliphatic heterocycles. The average molecular weight is 267 g/mol. The smallest absolute Gasteiger partial charge is 0.341 e. The lowest BCUT2D eigenvalue weighted by Crippen LogP contribution is -3.15. The summed E-state index contributed by atoms with van der Waals surface area (Å²) in [7, 11) is -4.37. The minimum atomic E-state index is -4.37. The lowest BCUT2D eigenvalue weighted by Gasteiger charge is -2.27. The maximum atomic E-state index is 10.5. The monoisotopic (exact) mass is 267 g/mol. The minimum absolute atomic E-state index is 0.250. The Morgan fingerprint density at radius 3 is 2.35 bits per heavy atom. The summed E-state index contributed by atoms with van der Waals surface area (Å²) >= 11 is 0. The van der Waals surface area contributed by atoms with E-state index in [2.05, 4.69) is 0 Å². The molecule has 100 valence electrons. The van der Waals surface area contributed by atoms with Crippen molar-refractivity contribution in [3.63, 3.8) is 0 Å². The molecule has 0 aliphatic carbocycles. The first kappa shape index (κ1) is 14.2. The second-order valence-corrected chi connectivity index (χ2v) is 5.69. The summed E-state index contributed by atoms with van der Waals surface area (Å²) in [5.74, 6) is -0.461. The van der Waals surface area contributed by atoms with Crippen molar-refractivity contribution < 1.29 is 27.6 Å². The zero-order chi connectivity index (χ0) is 13.1. The highest BCUT2D eigenvalue weighted by Gasteiger charge is 2.23. The van der Waals surface area contributed by atoms with Gasteiger partial charge >= 0.3 is 5.96 Å². The van der Waals surface area contributed by atoms with E-state index in [0.29, 0.717) is 26.2 Å². The summed E-state index contributed by atoms with van der Waals surface area (Å²) in [6.45, 7) is 2.98. The van der Waals surface area contributed by atoms with Crippen LogP contribution in [0, 0.1) is 0 Å². The summed E-state index contributed by atoms with van der Waals surface area (Å²) < 4.78 is 33.2. The van der Waals surface area contributed by atoms with Gasteiger partial charge in [0.25, 0.3) is 0 Å². The van der Waals surface area contributed by atoms with Crippen molar-refractivity contribution in [1.29, 1.82) is 0 Å². The van der Waals surface area contributed by atoms with E-state index in [-0.39, 0.29) is 12.5 Å². The van der Waals surface area contributed by atoms with Gasteiger partial charge in [-0.3, -0.25) is 16.0 Å². The van der Waals surface area contributed by atoms with Crippen LogP contribution >= 0.6 is 0 Å². The van der Waals surface area contributed by atoms with E-state index in [1.807, 2.05) is 4.58 Å². The molecule has 9 heteroatoms. The standard InChI is InChI=1S/C8H18N4O4S/c9-8(10)12-3-1-11(2-4-12)5-7(13)6-17(14,15)16/h7,13H,1-6H2,(H4,9,10,14,15,16)/p+1/t7-/m0/s1. The Hall–Kier alpha value is -0.900. The molecule has 0 bridgehead atoms. The van der Waals surface area contributed by atoms with Gasteiger partial charge in [0.1, 0.15) is 38.8 Å². The molecule has 0 saturated carbocycles. The molecule has 0 amide bonds. The molecule has 1 atom stereocenters. The van der Waals surface area contributed by atoms with Crippen LogP contribution in [0.25, 0.3) is 0 Å². The van der Waals surface area contributed by atoms with E-state index < -0.39 is 22.0 Å². The van der Waals surface area contributed by atoms with Gasteiger partial charge < -0.3 is 14.6 Å². The fourth-order valence-corrected chi connectivity index (χ4v) is 2.50. The van der Waals surface area contributed by atoms with Crippen molar-refractivity contribution in [1.82, 2.24) is 0 Å². The van der Waals surface area contributed by atoms with Crippen LogP contribution in [0.1, 0.15) is 0 Å². The van der Waals surface area contributed by atoms with Gasteiger partial charge in [0.2, 0.25) is 0 Å². The fourth-order valence-electron chi connectivity index (χ4n) is 1.91. The van der Waals surface area contributed by atoms with Crippen LogP contribution in [0.15, 0.2) is 0 Å². The van der Waals surface area contributed by atoms with Gasteiger partial charge in [0, 0.05) is 0 Å². The highest BCUT2D eigenvalue weighted by Crippen LogP contribution is 1.88. The van der Waals surface area contributed by atoms with E-state index in [1.165, 1.54) is 0 Å². The second-order valence-electron chi connectivity index (χ2n) is 4.24. The first-order valence-electron chi connectivity index (χ1n) is 5.36. The van der Waals surface area contributed by atoms with Gasteiger partial charge in [-0.15, -0.1) is 0 Å². The molecule has 0 aromatic carbocycles. The highest BCUT2D eigenvalue weighted by atomic mass is 32.2. The average Bonchev–Trinajstić information content (AvgIpc) is 2.15. The zero-order valence-electron chi connectivity index (χ0n) is 9.50. The molecule has 0 aromatic heterocycles. The van der Waals surface area contributed by atoms with Crippen LogP contribution in [0.4, 0.5) is 0 Å². The van der Waals surface area contributed by atoms with Gasteiger partial charge in [-0.2, -0.15) is 0 Å². The topological polar surface area (TPSA) is 137 Å². The number of aliphatic hydroxyl groups excluding tert-OH is 1. The van der Waals surface area contributed by atoms with E-state index in [0.717, 1.165) is 4.90 Å². The SMILES string of the molecule is NC(N)=[N+]1CC[NH+](C[C@H](O)CS(=O)(=O)[O-])CC1. The molecule has 1 fully saturated rings. The van der Waals surface area contributed by atoms with Crippen molar-refractivity contribution in [2.75, 3.05) is 38.5 Å². The summed E-state index contributed by atoms with van der Waals surface area (Å²) in [6.07, 6.45) is -1.11. The largest absolute Gasteiger partial charge is 0.748 e. The lowest BCUT2D eigenvalue weighted by atomic mass is 10.3. The quantitative estimate of drug-likeness (QED) is 0.229. The maximum absolute atomic E-state index is 10.5. The molecule has 17 heavy (non-hydrogen) atoms. The number of nitrogens with one attached hydrogen (secondary N) is 1. The normalized spacial score (nSPS) is 23.4. The Kier molecular flexibility index (Phi) is 4.69. The Morgan fingerprint density at radius 1 is 1.41 bits per heavy atom. The minimum Gasteiger partial charge on any atom is -0.748 e. The third-order valence-corrected chi connectivity index (χ3v) is 3.55. The van der Waals surface area contributed by atoms with E-state index >= 15 is 0 Å². The third kappa shape index (κ3) is 5.31. The second kappa shape index (κ2) is 5.63.